The van der Waals surface area contributed by atoms with Crippen molar-refractivity contribution in [3.63, 3.8) is 0 Å². The molecule has 1 fully saturated rings. The maximum Gasteiger partial charge on any atom is 0.223 e. The molecule has 0 aromatic carbocycles. The van der Waals surface area contributed by atoms with E-state index in [0.29, 0.717) is 23.2 Å². The number of nitrogens with two attached hydrogens (primary N) is 1. The number of hydrogen-bond donors (Lipinski definition) is 1. The Bertz CT molecular complexity index is 818. The van der Waals surface area contributed by atoms with Crippen molar-refractivity contribution in [1.82, 2.24) is 29.4 Å². The summed E-state index contributed by atoms with van der Waals surface area (Å²) in [6, 6.07) is 5.58. The summed E-state index contributed by atoms with van der Waals surface area (Å²) in [5, 5.41) is 4.37. The van der Waals surface area contributed by atoms with Gasteiger partial charge in [-0.2, -0.15) is 4.52 Å². The van der Waals surface area contributed by atoms with Crippen LogP contribution >= 0.6 is 0 Å². The average molecular weight is 327 g/mol. The molecule has 0 aliphatic carbocycles. The molecule has 0 radical (unpaired) electrons. The summed E-state index contributed by atoms with van der Waals surface area (Å²) in [4.78, 5) is 13.8. The number of furan rings is 1. The number of nitrogen functional groups attached to an aromatic ring is 1. The zero-order valence-electron chi connectivity index (χ0n) is 13.7. The highest BCUT2D eigenvalue weighted by Crippen LogP contribution is 2.18. The first-order chi connectivity index (χ1) is 11.7. The third-order valence-electron chi connectivity index (χ3n) is 4.44. The summed E-state index contributed by atoms with van der Waals surface area (Å²) >= 11 is 0. The summed E-state index contributed by atoms with van der Waals surface area (Å²) in [5.74, 6) is 1.48. The quantitative estimate of drug-likeness (QED) is 0.767. The Morgan fingerprint density at radius 1 is 1.17 bits per heavy atom. The van der Waals surface area contributed by atoms with E-state index in [9.17, 15) is 0 Å². The first-order valence-electron chi connectivity index (χ1n) is 8.23. The van der Waals surface area contributed by atoms with Gasteiger partial charge in [0.2, 0.25) is 11.8 Å². The summed E-state index contributed by atoms with van der Waals surface area (Å²) < 4.78 is 6.90. The molecule has 8 nitrogen and oxygen atoms in total. The van der Waals surface area contributed by atoms with Gasteiger partial charge in [-0.3, -0.25) is 4.90 Å². The zero-order valence-corrected chi connectivity index (χ0v) is 13.7. The topological polar surface area (TPSA) is 88.7 Å². The Labute approximate surface area is 139 Å². The van der Waals surface area contributed by atoms with Crippen molar-refractivity contribution < 1.29 is 4.42 Å². The second-order valence-corrected chi connectivity index (χ2v) is 6.00. The summed E-state index contributed by atoms with van der Waals surface area (Å²) in [5.41, 5.74) is 7.68. The molecule has 1 saturated heterocycles. The van der Waals surface area contributed by atoms with Gasteiger partial charge in [-0.25, -0.2) is 9.97 Å². The molecule has 0 atom stereocenters. The van der Waals surface area contributed by atoms with Gasteiger partial charge in [0, 0.05) is 38.8 Å². The largest absolute Gasteiger partial charge is 0.461 e. The maximum absolute atomic E-state index is 6.06. The van der Waals surface area contributed by atoms with Crippen LogP contribution in [0.25, 0.3) is 17.2 Å². The summed E-state index contributed by atoms with van der Waals surface area (Å²) in [6.45, 7) is 8.38. The normalized spacial score (nSPS) is 16.9. The maximum atomic E-state index is 6.06. The molecule has 0 bridgehead atoms. The van der Waals surface area contributed by atoms with E-state index >= 15 is 0 Å². The fourth-order valence-corrected chi connectivity index (χ4v) is 3.05. The SMILES string of the molecule is CCN1CCN(Cc2cc3nc(-c4ccco4)nn3c(N)n2)CC1. The van der Waals surface area contributed by atoms with E-state index in [-0.39, 0.29) is 0 Å². The van der Waals surface area contributed by atoms with Crippen LogP contribution in [0.4, 0.5) is 5.95 Å². The second-order valence-electron chi connectivity index (χ2n) is 6.00. The van der Waals surface area contributed by atoms with Crippen molar-refractivity contribution in [2.45, 2.75) is 13.5 Å². The van der Waals surface area contributed by atoms with Crippen LogP contribution in [0.5, 0.6) is 0 Å². The van der Waals surface area contributed by atoms with Gasteiger partial charge in [-0.15, -0.1) is 5.10 Å². The molecule has 1 aliphatic rings. The lowest BCUT2D eigenvalue weighted by molar-refractivity contribution is 0.131. The number of hydrogen-bond acceptors (Lipinski definition) is 7. The number of fused-ring (bicyclic) bond motifs is 1. The van der Waals surface area contributed by atoms with Crippen molar-refractivity contribution in [1.29, 1.82) is 0 Å². The van der Waals surface area contributed by atoms with Gasteiger partial charge in [0.05, 0.1) is 12.0 Å². The first-order valence-corrected chi connectivity index (χ1v) is 8.23. The fourth-order valence-electron chi connectivity index (χ4n) is 3.05. The molecular weight excluding hydrogens is 306 g/mol. The van der Waals surface area contributed by atoms with Crippen molar-refractivity contribution >= 4 is 11.6 Å². The van der Waals surface area contributed by atoms with Crippen LogP contribution in [0.3, 0.4) is 0 Å². The lowest BCUT2D eigenvalue weighted by atomic mass is 10.3. The number of likely N-dealkylation sites (N-methyl/N-ethyl adjacent to an activating group) is 1. The van der Waals surface area contributed by atoms with Crippen molar-refractivity contribution in [3.8, 4) is 11.6 Å². The minimum Gasteiger partial charge on any atom is -0.461 e. The number of anilines is 1. The minimum absolute atomic E-state index is 0.347. The van der Waals surface area contributed by atoms with Crippen molar-refractivity contribution in [2.75, 3.05) is 38.5 Å². The van der Waals surface area contributed by atoms with Crippen LogP contribution in [0.1, 0.15) is 12.6 Å². The smallest absolute Gasteiger partial charge is 0.223 e. The molecule has 0 unspecified atom stereocenters. The number of piperazine rings is 1. The highest BCUT2D eigenvalue weighted by atomic mass is 16.3. The molecule has 0 spiro atoms. The van der Waals surface area contributed by atoms with E-state index in [0.717, 1.165) is 45.0 Å². The van der Waals surface area contributed by atoms with E-state index in [1.54, 1.807) is 10.8 Å². The average Bonchev–Trinajstić information content (AvgIpc) is 3.25. The van der Waals surface area contributed by atoms with Crippen molar-refractivity contribution in [3.05, 3.63) is 30.2 Å². The molecule has 126 valence electrons. The number of rotatable bonds is 4. The molecule has 4 heterocycles. The predicted molar refractivity (Wildman–Crippen MR) is 90.3 cm³/mol. The predicted octanol–water partition coefficient (Wildman–Crippen LogP) is 1.10. The molecule has 3 aromatic heterocycles. The molecule has 8 heteroatoms. The monoisotopic (exact) mass is 327 g/mol. The zero-order chi connectivity index (χ0) is 16.5. The van der Waals surface area contributed by atoms with Crippen LogP contribution in [0.2, 0.25) is 0 Å². The van der Waals surface area contributed by atoms with Gasteiger partial charge in [-0.05, 0) is 18.7 Å². The highest BCUT2D eigenvalue weighted by molar-refractivity contribution is 5.54. The van der Waals surface area contributed by atoms with Gasteiger partial charge in [0.1, 0.15) is 0 Å². The summed E-state index contributed by atoms with van der Waals surface area (Å²) in [6.07, 6.45) is 1.60. The number of aromatic nitrogens is 4. The number of nitrogens with zero attached hydrogens (tertiary/aromatic N) is 6. The van der Waals surface area contributed by atoms with E-state index in [2.05, 4.69) is 31.8 Å². The van der Waals surface area contributed by atoms with E-state index < -0.39 is 0 Å². The summed E-state index contributed by atoms with van der Waals surface area (Å²) in [7, 11) is 0. The lowest BCUT2D eigenvalue weighted by Gasteiger charge is -2.33. The molecule has 24 heavy (non-hydrogen) atoms. The minimum atomic E-state index is 0.347. The standard InChI is InChI=1S/C16H21N7O/c1-2-21-5-7-22(8-6-21)11-12-10-14-19-15(13-4-3-9-24-13)20-23(14)16(17)18-12/h3-4,9-10H,2,5-8,11H2,1H3,(H2,17,18). The Hall–Kier alpha value is -2.45. The van der Waals surface area contributed by atoms with E-state index in [1.807, 2.05) is 18.2 Å². The third kappa shape index (κ3) is 2.85. The fraction of sp³-hybridized carbons (Fsp3) is 0.438. The van der Waals surface area contributed by atoms with Gasteiger partial charge in [0.15, 0.2) is 11.4 Å². The molecule has 3 aromatic rings. The van der Waals surface area contributed by atoms with E-state index in [4.69, 9.17) is 10.2 Å². The highest BCUT2D eigenvalue weighted by Gasteiger charge is 2.18. The van der Waals surface area contributed by atoms with Gasteiger partial charge < -0.3 is 15.1 Å². The van der Waals surface area contributed by atoms with E-state index in [1.165, 1.54) is 0 Å². The Morgan fingerprint density at radius 2 is 1.96 bits per heavy atom. The van der Waals surface area contributed by atoms with Gasteiger partial charge in [0.25, 0.3) is 0 Å². The third-order valence-corrected chi connectivity index (χ3v) is 4.44. The molecule has 0 amide bonds. The molecular formula is C16H21N7O. The Balaban J connectivity index is 1.56. The van der Waals surface area contributed by atoms with Crippen LogP contribution in [-0.4, -0.2) is 62.1 Å². The molecule has 1 aliphatic heterocycles. The van der Waals surface area contributed by atoms with Gasteiger partial charge >= 0.3 is 0 Å². The first kappa shape index (κ1) is 15.1. The molecule has 4 rings (SSSR count). The van der Waals surface area contributed by atoms with Crippen LogP contribution in [0, 0.1) is 0 Å². The Kier molecular flexibility index (Phi) is 3.91. The second kappa shape index (κ2) is 6.21. The van der Waals surface area contributed by atoms with Crippen LogP contribution < -0.4 is 5.73 Å². The molecule has 0 saturated carbocycles. The lowest BCUT2D eigenvalue weighted by Crippen LogP contribution is -2.45. The molecule has 2 N–H and O–H groups in total. The van der Waals surface area contributed by atoms with Crippen LogP contribution in [-0.2, 0) is 6.54 Å². The Morgan fingerprint density at radius 3 is 2.67 bits per heavy atom. The van der Waals surface area contributed by atoms with Gasteiger partial charge in [-0.1, -0.05) is 6.92 Å². The van der Waals surface area contributed by atoms with Crippen LogP contribution in [0.15, 0.2) is 28.9 Å². The van der Waals surface area contributed by atoms with Crippen molar-refractivity contribution in [2.24, 2.45) is 0 Å².